The van der Waals surface area contributed by atoms with Crippen molar-refractivity contribution in [2.24, 2.45) is 5.92 Å². The van der Waals surface area contributed by atoms with Gasteiger partial charge in [-0.1, -0.05) is 30.6 Å². The zero-order chi connectivity index (χ0) is 15.4. The van der Waals surface area contributed by atoms with Crippen LogP contribution in [0.25, 0.3) is 0 Å². The summed E-state index contributed by atoms with van der Waals surface area (Å²) in [6, 6.07) is 0.466. The van der Waals surface area contributed by atoms with Gasteiger partial charge in [0.2, 0.25) is 0 Å². The lowest BCUT2D eigenvalue weighted by Crippen LogP contribution is -2.38. The van der Waals surface area contributed by atoms with Crippen LogP contribution < -0.4 is 16.4 Å². The van der Waals surface area contributed by atoms with E-state index in [1.807, 2.05) is 13.8 Å². The molecule has 4 N–H and O–H groups in total. The van der Waals surface area contributed by atoms with Crippen LogP contribution in [0.3, 0.4) is 0 Å². The molecule has 0 aliphatic heterocycles. The molecule has 2 rings (SSSR count). The molecular weight excluding hydrogens is 284 g/mol. The second kappa shape index (κ2) is 7.11. The number of nitrogens with one attached hydrogen (secondary N) is 2. The lowest BCUT2D eigenvalue weighted by molar-refractivity contribution is 0.0924. The largest absolute Gasteiger partial charge is 0.382 e. The van der Waals surface area contributed by atoms with Gasteiger partial charge in [-0.3, -0.25) is 4.79 Å². The minimum absolute atomic E-state index is 0.0973. The van der Waals surface area contributed by atoms with E-state index in [0.717, 1.165) is 0 Å². The van der Waals surface area contributed by atoms with Crippen LogP contribution in [0.5, 0.6) is 0 Å². The number of carbonyl (C=O) groups is 1. The van der Waals surface area contributed by atoms with Crippen LogP contribution in [0.15, 0.2) is 0 Å². The maximum absolute atomic E-state index is 12.4. The van der Waals surface area contributed by atoms with Gasteiger partial charge in [0.25, 0.3) is 5.91 Å². The highest BCUT2D eigenvalue weighted by Gasteiger charge is 2.24. The molecule has 118 valence electrons. The van der Waals surface area contributed by atoms with Crippen LogP contribution in [-0.2, 0) is 0 Å². The Morgan fingerprint density at radius 3 is 2.57 bits per heavy atom. The first kappa shape index (κ1) is 16.1. The first-order valence-electron chi connectivity index (χ1n) is 7.81. The van der Waals surface area contributed by atoms with E-state index in [0.29, 0.717) is 21.7 Å². The molecule has 6 heteroatoms. The molecule has 1 fully saturated rings. The SMILES string of the molecule is CC(C)Nc1nc(N)c(C(=O)NC(C)C2CCCCC2)s1. The molecule has 1 heterocycles. The standard InChI is InChI=1S/C15H26N4OS/c1-9(2)17-15-19-13(16)12(21-15)14(20)18-10(3)11-7-5-4-6-8-11/h9-11H,4-8,16H2,1-3H3,(H,17,19)(H,18,20). The monoisotopic (exact) mass is 310 g/mol. The highest BCUT2D eigenvalue weighted by molar-refractivity contribution is 7.18. The van der Waals surface area contributed by atoms with E-state index in [1.54, 1.807) is 0 Å². The van der Waals surface area contributed by atoms with Gasteiger partial charge in [-0.15, -0.1) is 0 Å². The van der Waals surface area contributed by atoms with Gasteiger partial charge >= 0.3 is 0 Å². The molecule has 0 spiro atoms. The van der Waals surface area contributed by atoms with Crippen molar-refractivity contribution in [3.63, 3.8) is 0 Å². The molecule has 1 aromatic rings. The number of hydrogen-bond acceptors (Lipinski definition) is 5. The molecular formula is C15H26N4OS. The van der Waals surface area contributed by atoms with Crippen molar-refractivity contribution >= 4 is 28.2 Å². The summed E-state index contributed by atoms with van der Waals surface area (Å²) in [4.78, 5) is 17.1. The quantitative estimate of drug-likeness (QED) is 0.780. The van der Waals surface area contributed by atoms with E-state index in [-0.39, 0.29) is 18.0 Å². The molecule has 0 bridgehead atoms. The van der Waals surface area contributed by atoms with Gasteiger partial charge in [0.1, 0.15) is 10.7 Å². The van der Waals surface area contributed by atoms with E-state index in [2.05, 4.69) is 22.5 Å². The summed E-state index contributed by atoms with van der Waals surface area (Å²) in [5.41, 5.74) is 5.87. The second-order valence-corrected chi connectivity index (χ2v) is 7.19. The minimum atomic E-state index is -0.0973. The van der Waals surface area contributed by atoms with Crippen LogP contribution in [0, 0.1) is 5.92 Å². The van der Waals surface area contributed by atoms with Crippen molar-refractivity contribution < 1.29 is 4.79 Å². The van der Waals surface area contributed by atoms with Crippen molar-refractivity contribution in [1.82, 2.24) is 10.3 Å². The maximum Gasteiger partial charge on any atom is 0.265 e. The average molecular weight is 310 g/mol. The normalized spacial score (nSPS) is 17.7. The summed E-state index contributed by atoms with van der Waals surface area (Å²) in [5, 5.41) is 6.99. The minimum Gasteiger partial charge on any atom is -0.382 e. The number of thiazole rings is 1. The van der Waals surface area contributed by atoms with Crippen molar-refractivity contribution in [3.05, 3.63) is 4.88 Å². The van der Waals surface area contributed by atoms with Crippen molar-refractivity contribution in [1.29, 1.82) is 0 Å². The predicted molar refractivity (Wildman–Crippen MR) is 88.8 cm³/mol. The Hall–Kier alpha value is -1.30. The van der Waals surface area contributed by atoms with Crippen LogP contribution in [0.1, 0.15) is 62.5 Å². The number of nitrogens with zero attached hydrogens (tertiary/aromatic N) is 1. The lowest BCUT2D eigenvalue weighted by atomic mass is 9.84. The van der Waals surface area contributed by atoms with E-state index in [9.17, 15) is 4.79 Å². The molecule has 1 atom stereocenters. The Morgan fingerprint density at radius 2 is 1.95 bits per heavy atom. The lowest BCUT2D eigenvalue weighted by Gasteiger charge is -2.28. The number of amides is 1. The van der Waals surface area contributed by atoms with Crippen molar-refractivity contribution in [2.45, 2.75) is 65.0 Å². The number of nitrogen functional groups attached to an aromatic ring is 1. The Labute approximate surface area is 130 Å². The summed E-state index contributed by atoms with van der Waals surface area (Å²) in [5.74, 6) is 0.807. The van der Waals surface area contributed by atoms with Gasteiger partial charge < -0.3 is 16.4 Å². The third-order valence-electron chi connectivity index (χ3n) is 3.99. The molecule has 5 nitrogen and oxygen atoms in total. The molecule has 1 amide bonds. The van der Waals surface area contributed by atoms with E-state index < -0.39 is 0 Å². The summed E-state index contributed by atoms with van der Waals surface area (Å²) in [6.45, 7) is 6.16. The first-order chi connectivity index (χ1) is 9.97. The number of aromatic nitrogens is 1. The topological polar surface area (TPSA) is 80.0 Å². The van der Waals surface area contributed by atoms with Crippen molar-refractivity contribution in [2.75, 3.05) is 11.1 Å². The third-order valence-corrected chi connectivity index (χ3v) is 4.99. The molecule has 1 aliphatic carbocycles. The summed E-state index contributed by atoms with van der Waals surface area (Å²) >= 11 is 1.33. The van der Waals surface area contributed by atoms with Crippen LogP contribution in [0.2, 0.25) is 0 Å². The Balaban J connectivity index is 1.97. The molecule has 1 aromatic heterocycles. The van der Waals surface area contributed by atoms with Gasteiger partial charge in [-0.2, -0.15) is 0 Å². The van der Waals surface area contributed by atoms with Gasteiger partial charge in [0.05, 0.1) is 0 Å². The van der Waals surface area contributed by atoms with E-state index in [1.165, 1.54) is 43.4 Å². The van der Waals surface area contributed by atoms with Gasteiger partial charge in [0.15, 0.2) is 5.13 Å². The van der Waals surface area contributed by atoms with Gasteiger partial charge in [-0.05, 0) is 39.5 Å². The number of rotatable bonds is 5. The molecule has 0 radical (unpaired) electrons. The Kier molecular flexibility index (Phi) is 5.45. The van der Waals surface area contributed by atoms with Crippen LogP contribution in [0.4, 0.5) is 10.9 Å². The van der Waals surface area contributed by atoms with Crippen LogP contribution in [-0.4, -0.2) is 23.0 Å². The van der Waals surface area contributed by atoms with Crippen molar-refractivity contribution in [3.8, 4) is 0 Å². The Morgan fingerprint density at radius 1 is 1.29 bits per heavy atom. The first-order valence-corrected chi connectivity index (χ1v) is 8.62. The van der Waals surface area contributed by atoms with Gasteiger partial charge in [-0.25, -0.2) is 4.98 Å². The molecule has 1 aliphatic rings. The summed E-state index contributed by atoms with van der Waals surface area (Å²) < 4.78 is 0. The smallest absolute Gasteiger partial charge is 0.265 e. The molecule has 0 saturated heterocycles. The average Bonchev–Trinajstić information content (AvgIpc) is 2.79. The Bertz CT molecular complexity index is 480. The third kappa shape index (κ3) is 4.33. The second-order valence-electron chi connectivity index (χ2n) is 6.19. The summed E-state index contributed by atoms with van der Waals surface area (Å²) in [7, 11) is 0. The maximum atomic E-state index is 12.4. The number of carbonyl (C=O) groups excluding carboxylic acids is 1. The van der Waals surface area contributed by atoms with E-state index >= 15 is 0 Å². The number of nitrogens with two attached hydrogens (primary N) is 1. The van der Waals surface area contributed by atoms with Crippen LogP contribution >= 0.6 is 11.3 Å². The molecule has 1 saturated carbocycles. The predicted octanol–water partition coefficient (Wildman–Crippen LogP) is 3.24. The number of anilines is 2. The highest BCUT2D eigenvalue weighted by Crippen LogP contribution is 2.28. The fourth-order valence-corrected chi connectivity index (χ4v) is 3.76. The molecule has 21 heavy (non-hydrogen) atoms. The van der Waals surface area contributed by atoms with Gasteiger partial charge in [0, 0.05) is 12.1 Å². The molecule has 1 unspecified atom stereocenters. The fraction of sp³-hybridized carbons (Fsp3) is 0.733. The molecule has 0 aromatic carbocycles. The zero-order valence-electron chi connectivity index (χ0n) is 13.1. The summed E-state index contributed by atoms with van der Waals surface area (Å²) in [6.07, 6.45) is 6.29. The highest BCUT2D eigenvalue weighted by atomic mass is 32.1. The zero-order valence-corrected chi connectivity index (χ0v) is 13.9. The van der Waals surface area contributed by atoms with E-state index in [4.69, 9.17) is 5.73 Å². The number of hydrogen-bond donors (Lipinski definition) is 3. The fourth-order valence-electron chi connectivity index (χ4n) is 2.83.